The molecule has 0 atom stereocenters. The third kappa shape index (κ3) is 7.87. The number of anilines is 1. The maximum absolute atomic E-state index is 12.2. The molecule has 0 spiro atoms. The van der Waals surface area contributed by atoms with E-state index in [4.69, 9.17) is 0 Å². The number of unbranched alkanes of at least 4 members (excludes halogenated alkanes) is 1. The Morgan fingerprint density at radius 3 is 2.23 bits per heavy atom. The zero-order chi connectivity index (χ0) is 22.0. The fraction of sp³-hybridized carbons (Fsp3) is 0.364. The van der Waals surface area contributed by atoms with Crippen LogP contribution in [0, 0.1) is 6.92 Å². The van der Waals surface area contributed by atoms with Gasteiger partial charge >= 0.3 is 6.03 Å². The maximum Gasteiger partial charge on any atom is 0.328 e. The molecule has 30 heavy (non-hydrogen) atoms. The van der Waals surface area contributed by atoms with Crippen LogP contribution in [0.5, 0.6) is 0 Å². The first-order valence-electron chi connectivity index (χ1n) is 10.1. The van der Waals surface area contributed by atoms with E-state index in [1.165, 1.54) is 35.4 Å². The fourth-order valence-electron chi connectivity index (χ4n) is 2.74. The Morgan fingerprint density at radius 1 is 0.933 bits per heavy atom. The Morgan fingerprint density at radius 2 is 1.60 bits per heavy atom. The van der Waals surface area contributed by atoms with Crippen LogP contribution in [0.15, 0.2) is 53.4 Å². The van der Waals surface area contributed by atoms with Gasteiger partial charge in [-0.05, 0) is 56.0 Å². The van der Waals surface area contributed by atoms with Crippen molar-refractivity contribution in [1.29, 1.82) is 0 Å². The normalized spacial score (nSPS) is 11.0. The zero-order valence-corrected chi connectivity index (χ0v) is 18.2. The minimum absolute atomic E-state index is 0.0505. The van der Waals surface area contributed by atoms with Gasteiger partial charge < -0.3 is 10.6 Å². The molecule has 0 bridgehead atoms. The van der Waals surface area contributed by atoms with E-state index in [-0.39, 0.29) is 10.8 Å². The number of aryl methyl sites for hydroxylation is 2. The number of nitrogens with one attached hydrogen (secondary N) is 3. The van der Waals surface area contributed by atoms with Gasteiger partial charge in [0.15, 0.2) is 0 Å². The highest BCUT2D eigenvalue weighted by Crippen LogP contribution is 2.15. The number of benzene rings is 2. The number of carbonyl (C=O) groups is 2. The van der Waals surface area contributed by atoms with Crippen LogP contribution in [0.3, 0.4) is 0 Å². The summed E-state index contributed by atoms with van der Waals surface area (Å²) < 4.78 is 26.5. The SMILES string of the molecule is CCCCNC(=O)NS(=O)(=O)c1ccc(NC(=O)CCCc2ccc(C)cc2)cc1. The molecule has 0 radical (unpaired) electrons. The first-order valence-corrected chi connectivity index (χ1v) is 11.5. The van der Waals surface area contributed by atoms with Crippen molar-refractivity contribution in [2.45, 2.75) is 50.8 Å². The van der Waals surface area contributed by atoms with Crippen molar-refractivity contribution < 1.29 is 18.0 Å². The van der Waals surface area contributed by atoms with E-state index in [9.17, 15) is 18.0 Å². The molecule has 0 aliphatic rings. The lowest BCUT2D eigenvalue weighted by Gasteiger charge is -2.10. The number of hydrogen-bond donors (Lipinski definition) is 3. The molecule has 2 aromatic rings. The third-order valence-corrected chi connectivity index (χ3v) is 5.83. The second-order valence-electron chi connectivity index (χ2n) is 7.13. The number of amides is 3. The van der Waals surface area contributed by atoms with E-state index in [2.05, 4.69) is 34.9 Å². The molecule has 2 rings (SSSR count). The molecule has 3 N–H and O–H groups in total. The minimum Gasteiger partial charge on any atom is -0.337 e. The second kappa shape index (κ2) is 11.3. The summed E-state index contributed by atoms with van der Waals surface area (Å²) in [5.74, 6) is -0.133. The first kappa shape index (κ1) is 23.4. The Labute approximate surface area is 178 Å². The van der Waals surface area contributed by atoms with Gasteiger partial charge in [-0.25, -0.2) is 17.9 Å². The fourth-order valence-corrected chi connectivity index (χ4v) is 3.67. The van der Waals surface area contributed by atoms with Gasteiger partial charge in [0.2, 0.25) is 5.91 Å². The standard InChI is InChI=1S/C22H29N3O4S/c1-3-4-16-23-22(27)25-30(28,29)20-14-12-19(13-15-20)24-21(26)7-5-6-18-10-8-17(2)9-11-18/h8-15H,3-7,16H2,1-2H3,(H,24,26)(H2,23,25,27). The Kier molecular flexibility index (Phi) is 8.86. The summed E-state index contributed by atoms with van der Waals surface area (Å²) in [6.07, 6.45) is 3.57. The molecule has 0 saturated carbocycles. The van der Waals surface area contributed by atoms with Gasteiger partial charge in [0.25, 0.3) is 10.0 Å². The van der Waals surface area contributed by atoms with Crippen molar-refractivity contribution in [2.75, 3.05) is 11.9 Å². The van der Waals surface area contributed by atoms with Crippen molar-refractivity contribution in [3.8, 4) is 0 Å². The van der Waals surface area contributed by atoms with E-state index < -0.39 is 16.1 Å². The smallest absolute Gasteiger partial charge is 0.328 e. The molecule has 162 valence electrons. The number of urea groups is 1. The summed E-state index contributed by atoms with van der Waals surface area (Å²) in [4.78, 5) is 23.7. The lowest BCUT2D eigenvalue weighted by atomic mass is 10.1. The third-order valence-electron chi connectivity index (χ3n) is 4.48. The molecule has 0 saturated heterocycles. The lowest BCUT2D eigenvalue weighted by Crippen LogP contribution is -2.39. The zero-order valence-electron chi connectivity index (χ0n) is 17.4. The van der Waals surface area contributed by atoms with Gasteiger partial charge in [0.05, 0.1) is 4.90 Å². The molecule has 0 aromatic heterocycles. The van der Waals surface area contributed by atoms with Crippen LogP contribution >= 0.6 is 0 Å². The van der Waals surface area contributed by atoms with E-state index in [0.717, 1.165) is 25.7 Å². The summed E-state index contributed by atoms with van der Waals surface area (Å²) in [5.41, 5.74) is 2.89. The predicted molar refractivity (Wildman–Crippen MR) is 118 cm³/mol. The molecular weight excluding hydrogens is 402 g/mol. The van der Waals surface area contributed by atoms with Crippen LogP contribution in [-0.4, -0.2) is 26.9 Å². The quantitative estimate of drug-likeness (QED) is 0.498. The Balaban J connectivity index is 1.81. The highest BCUT2D eigenvalue weighted by Gasteiger charge is 2.17. The summed E-state index contributed by atoms with van der Waals surface area (Å²) in [5, 5.41) is 5.25. The van der Waals surface area contributed by atoms with Crippen LogP contribution < -0.4 is 15.4 Å². The number of rotatable bonds is 10. The van der Waals surface area contributed by atoms with Gasteiger partial charge in [-0.3, -0.25) is 4.79 Å². The highest BCUT2D eigenvalue weighted by molar-refractivity contribution is 7.90. The molecular formula is C22H29N3O4S. The average molecular weight is 432 g/mol. The summed E-state index contributed by atoms with van der Waals surface area (Å²) in [6, 6.07) is 13.2. The van der Waals surface area contributed by atoms with Gasteiger partial charge in [0, 0.05) is 18.7 Å². The predicted octanol–water partition coefficient (Wildman–Crippen LogP) is 3.74. The molecule has 0 aliphatic heterocycles. The first-order chi connectivity index (χ1) is 14.3. The topological polar surface area (TPSA) is 104 Å². The average Bonchev–Trinajstić information content (AvgIpc) is 2.70. The van der Waals surface area contributed by atoms with E-state index in [1.54, 1.807) is 0 Å². The van der Waals surface area contributed by atoms with Gasteiger partial charge in [0.1, 0.15) is 0 Å². The largest absolute Gasteiger partial charge is 0.337 e. The molecule has 0 aliphatic carbocycles. The number of sulfonamides is 1. The van der Waals surface area contributed by atoms with E-state index in [0.29, 0.717) is 18.7 Å². The molecule has 7 nitrogen and oxygen atoms in total. The number of hydrogen-bond acceptors (Lipinski definition) is 4. The van der Waals surface area contributed by atoms with Crippen LogP contribution in [0.25, 0.3) is 0 Å². The van der Waals surface area contributed by atoms with Crippen LogP contribution in [0.4, 0.5) is 10.5 Å². The Hall–Kier alpha value is -2.87. The van der Waals surface area contributed by atoms with Crippen molar-refractivity contribution in [3.05, 3.63) is 59.7 Å². The van der Waals surface area contributed by atoms with E-state index in [1.807, 2.05) is 18.6 Å². The highest BCUT2D eigenvalue weighted by atomic mass is 32.2. The Bertz CT molecular complexity index is 939. The molecule has 3 amide bonds. The van der Waals surface area contributed by atoms with Crippen molar-refractivity contribution in [3.63, 3.8) is 0 Å². The van der Waals surface area contributed by atoms with Crippen LogP contribution in [0.2, 0.25) is 0 Å². The molecule has 0 heterocycles. The second-order valence-corrected chi connectivity index (χ2v) is 8.81. The van der Waals surface area contributed by atoms with Crippen LogP contribution in [0.1, 0.15) is 43.7 Å². The van der Waals surface area contributed by atoms with Gasteiger partial charge in [-0.1, -0.05) is 43.2 Å². The van der Waals surface area contributed by atoms with Crippen molar-refractivity contribution >= 4 is 27.6 Å². The summed E-state index contributed by atoms with van der Waals surface area (Å²) in [6.45, 7) is 4.42. The van der Waals surface area contributed by atoms with Crippen molar-refractivity contribution in [1.82, 2.24) is 10.0 Å². The van der Waals surface area contributed by atoms with Crippen molar-refractivity contribution in [2.24, 2.45) is 0 Å². The molecule has 8 heteroatoms. The monoisotopic (exact) mass is 431 g/mol. The maximum atomic E-state index is 12.2. The van der Waals surface area contributed by atoms with Gasteiger partial charge in [-0.15, -0.1) is 0 Å². The molecule has 0 fully saturated rings. The number of carbonyl (C=O) groups excluding carboxylic acids is 2. The van der Waals surface area contributed by atoms with E-state index >= 15 is 0 Å². The molecule has 2 aromatic carbocycles. The summed E-state index contributed by atoms with van der Waals surface area (Å²) in [7, 11) is -3.96. The van der Waals surface area contributed by atoms with Crippen LogP contribution in [-0.2, 0) is 21.2 Å². The molecule has 0 unspecified atom stereocenters. The summed E-state index contributed by atoms with van der Waals surface area (Å²) >= 11 is 0. The lowest BCUT2D eigenvalue weighted by molar-refractivity contribution is -0.116. The van der Waals surface area contributed by atoms with Gasteiger partial charge in [-0.2, -0.15) is 0 Å². The minimum atomic E-state index is -3.96.